The van der Waals surface area contributed by atoms with Gasteiger partial charge in [-0.25, -0.2) is 0 Å². The summed E-state index contributed by atoms with van der Waals surface area (Å²) >= 11 is 0. The first-order valence-electron chi connectivity index (χ1n) is 11.5. The van der Waals surface area contributed by atoms with Gasteiger partial charge in [0.25, 0.3) is 0 Å². The quantitative estimate of drug-likeness (QED) is 0.286. The van der Waals surface area contributed by atoms with Crippen LogP contribution >= 0.6 is 0 Å². The maximum atomic E-state index is 2.46. The maximum absolute atomic E-state index is 2.46. The number of benzene rings is 4. The standard InChI is InChI=1S/C30H28/c1-19-11-13-23-17-15-21-7-3-5-9-25(21)29(23)27(19)28-20(2)12-14-24-18-16-22-8-4-6-10-26(22)30(24)28/h3-10,15-20H,11-14H2,1-2H3/b28-27-/t19-,20+. The molecule has 0 nitrogen and oxygen atoms in total. The fourth-order valence-electron chi connectivity index (χ4n) is 6.01. The van der Waals surface area contributed by atoms with E-state index in [0.717, 1.165) is 0 Å². The van der Waals surface area contributed by atoms with Crippen LogP contribution in [0.3, 0.4) is 0 Å². The molecule has 2 atom stereocenters. The van der Waals surface area contributed by atoms with Gasteiger partial charge in [-0.15, -0.1) is 0 Å². The molecule has 30 heavy (non-hydrogen) atoms. The predicted molar refractivity (Wildman–Crippen MR) is 130 cm³/mol. The Morgan fingerprint density at radius 3 is 1.43 bits per heavy atom. The Balaban J connectivity index is 1.77. The lowest BCUT2D eigenvalue weighted by atomic mass is 9.69. The molecule has 2 aliphatic rings. The van der Waals surface area contributed by atoms with E-state index in [-0.39, 0.29) is 0 Å². The zero-order valence-corrected chi connectivity index (χ0v) is 17.9. The topological polar surface area (TPSA) is 0 Å². The smallest absolute Gasteiger partial charge is 0.0106 e. The fraction of sp³-hybridized carbons (Fsp3) is 0.267. The Labute approximate surface area is 179 Å². The summed E-state index contributed by atoms with van der Waals surface area (Å²) in [6.45, 7) is 4.92. The van der Waals surface area contributed by atoms with Gasteiger partial charge in [0.2, 0.25) is 0 Å². The molecule has 0 bridgehead atoms. The Morgan fingerprint density at radius 1 is 0.533 bits per heavy atom. The molecule has 0 amide bonds. The van der Waals surface area contributed by atoms with Crippen LogP contribution in [0.2, 0.25) is 0 Å². The Hall–Kier alpha value is -2.86. The second-order valence-corrected chi connectivity index (χ2v) is 9.35. The fourth-order valence-corrected chi connectivity index (χ4v) is 6.01. The van der Waals surface area contributed by atoms with Gasteiger partial charge in [0, 0.05) is 0 Å². The van der Waals surface area contributed by atoms with E-state index in [1.54, 1.807) is 11.1 Å². The molecule has 0 spiro atoms. The Morgan fingerprint density at radius 2 is 0.967 bits per heavy atom. The van der Waals surface area contributed by atoms with Crippen molar-refractivity contribution in [1.29, 1.82) is 0 Å². The highest BCUT2D eigenvalue weighted by Crippen LogP contribution is 2.50. The lowest BCUT2D eigenvalue weighted by molar-refractivity contribution is 0.617. The van der Waals surface area contributed by atoms with Gasteiger partial charge in [0.15, 0.2) is 0 Å². The molecule has 0 heterocycles. The van der Waals surface area contributed by atoms with Crippen LogP contribution in [0, 0.1) is 11.8 Å². The van der Waals surface area contributed by atoms with Crippen molar-refractivity contribution in [3.05, 3.63) is 95.1 Å². The number of rotatable bonds is 0. The zero-order chi connectivity index (χ0) is 20.2. The summed E-state index contributed by atoms with van der Waals surface area (Å²) in [7, 11) is 0. The molecule has 0 N–H and O–H groups in total. The third kappa shape index (κ3) is 2.59. The van der Waals surface area contributed by atoms with Gasteiger partial charge in [-0.05, 0) is 92.5 Å². The minimum Gasteiger partial charge on any atom is -0.0616 e. The van der Waals surface area contributed by atoms with E-state index in [2.05, 4.69) is 86.6 Å². The van der Waals surface area contributed by atoms with E-state index in [4.69, 9.17) is 0 Å². The van der Waals surface area contributed by atoms with Gasteiger partial charge in [-0.2, -0.15) is 0 Å². The van der Waals surface area contributed by atoms with Crippen LogP contribution < -0.4 is 0 Å². The monoisotopic (exact) mass is 388 g/mol. The van der Waals surface area contributed by atoms with Crippen molar-refractivity contribution in [1.82, 2.24) is 0 Å². The SMILES string of the molecule is C[C@@H]1CCc2ccc3ccccc3c2/C1=C1\c2c(ccc3ccccc23)CC[C@@H]1C. The molecule has 148 valence electrons. The van der Waals surface area contributed by atoms with Crippen molar-refractivity contribution in [2.45, 2.75) is 39.5 Å². The number of hydrogen-bond donors (Lipinski definition) is 0. The van der Waals surface area contributed by atoms with Crippen molar-refractivity contribution in [2.75, 3.05) is 0 Å². The van der Waals surface area contributed by atoms with E-state index in [0.29, 0.717) is 11.8 Å². The van der Waals surface area contributed by atoms with Crippen molar-refractivity contribution in [3.63, 3.8) is 0 Å². The number of aryl methyl sites for hydroxylation is 2. The van der Waals surface area contributed by atoms with Crippen LogP contribution in [0.1, 0.15) is 48.9 Å². The van der Waals surface area contributed by atoms with E-state index in [9.17, 15) is 0 Å². The first-order valence-corrected chi connectivity index (χ1v) is 11.5. The molecule has 0 saturated heterocycles. The van der Waals surface area contributed by atoms with Crippen molar-refractivity contribution in [3.8, 4) is 0 Å². The molecule has 4 aromatic carbocycles. The number of fused-ring (bicyclic) bond motifs is 6. The molecule has 0 aromatic heterocycles. The van der Waals surface area contributed by atoms with Gasteiger partial charge in [-0.3, -0.25) is 0 Å². The van der Waals surface area contributed by atoms with E-state index >= 15 is 0 Å². The molecule has 4 aromatic rings. The van der Waals surface area contributed by atoms with Crippen molar-refractivity contribution >= 4 is 32.7 Å². The first-order chi connectivity index (χ1) is 14.7. The lowest BCUT2D eigenvalue weighted by Crippen LogP contribution is -2.19. The summed E-state index contributed by atoms with van der Waals surface area (Å²) in [5.74, 6) is 1.18. The van der Waals surface area contributed by atoms with Crippen LogP contribution in [0.15, 0.2) is 72.8 Å². The highest BCUT2D eigenvalue weighted by molar-refractivity contribution is 6.08. The van der Waals surface area contributed by atoms with Crippen molar-refractivity contribution < 1.29 is 0 Å². The Bertz CT molecular complexity index is 1220. The predicted octanol–water partition coefficient (Wildman–Crippen LogP) is 8.07. The Kier molecular flexibility index (Phi) is 4.09. The second kappa shape index (κ2) is 6.84. The highest BCUT2D eigenvalue weighted by atomic mass is 14.4. The van der Waals surface area contributed by atoms with Crippen molar-refractivity contribution in [2.24, 2.45) is 11.8 Å². The average molecular weight is 389 g/mol. The molecular formula is C30H28. The molecule has 2 aliphatic carbocycles. The highest BCUT2D eigenvalue weighted by Gasteiger charge is 2.31. The molecular weight excluding hydrogens is 360 g/mol. The first kappa shape index (κ1) is 18.0. The molecule has 0 fully saturated rings. The third-order valence-corrected chi connectivity index (χ3v) is 7.54. The zero-order valence-electron chi connectivity index (χ0n) is 17.9. The van der Waals surface area contributed by atoms with Gasteiger partial charge in [0.05, 0.1) is 0 Å². The van der Waals surface area contributed by atoms with E-state index < -0.39 is 0 Å². The van der Waals surface area contributed by atoms with Gasteiger partial charge in [0.1, 0.15) is 0 Å². The summed E-state index contributed by atoms with van der Waals surface area (Å²) in [4.78, 5) is 0. The van der Waals surface area contributed by atoms with Crippen LogP contribution in [-0.2, 0) is 12.8 Å². The van der Waals surface area contributed by atoms with Crippen LogP contribution in [0.5, 0.6) is 0 Å². The van der Waals surface area contributed by atoms with Crippen LogP contribution in [0.4, 0.5) is 0 Å². The normalized spacial score (nSPS) is 23.4. The molecule has 6 rings (SSSR count). The third-order valence-electron chi connectivity index (χ3n) is 7.54. The number of hydrogen-bond acceptors (Lipinski definition) is 0. The molecule has 0 unspecified atom stereocenters. The minimum absolute atomic E-state index is 0.589. The average Bonchev–Trinajstić information content (AvgIpc) is 2.79. The van der Waals surface area contributed by atoms with Gasteiger partial charge in [-0.1, -0.05) is 86.6 Å². The molecule has 0 saturated carbocycles. The molecule has 0 radical (unpaired) electrons. The van der Waals surface area contributed by atoms with E-state index in [1.807, 2.05) is 0 Å². The summed E-state index contributed by atoms with van der Waals surface area (Å²) in [5, 5.41) is 5.60. The lowest BCUT2D eigenvalue weighted by Gasteiger charge is -2.35. The summed E-state index contributed by atoms with van der Waals surface area (Å²) in [6.07, 6.45) is 4.87. The van der Waals surface area contributed by atoms with Crippen LogP contribution in [-0.4, -0.2) is 0 Å². The number of allylic oxidation sites excluding steroid dienone is 2. The van der Waals surface area contributed by atoms with Crippen LogP contribution in [0.25, 0.3) is 32.7 Å². The molecule has 0 heteroatoms. The summed E-state index contributed by atoms with van der Waals surface area (Å²) in [5.41, 5.74) is 9.39. The van der Waals surface area contributed by atoms with E-state index in [1.165, 1.54) is 69.5 Å². The minimum atomic E-state index is 0.589. The van der Waals surface area contributed by atoms with Gasteiger partial charge < -0.3 is 0 Å². The van der Waals surface area contributed by atoms with Gasteiger partial charge >= 0.3 is 0 Å². The maximum Gasteiger partial charge on any atom is -0.0106 e. The summed E-state index contributed by atoms with van der Waals surface area (Å²) < 4.78 is 0. The largest absolute Gasteiger partial charge is 0.0616 e. The second-order valence-electron chi connectivity index (χ2n) is 9.35. The summed E-state index contributed by atoms with van der Waals surface area (Å²) in [6, 6.07) is 27.4. The molecule has 0 aliphatic heterocycles.